The van der Waals surface area contributed by atoms with Gasteiger partial charge in [-0.25, -0.2) is 9.97 Å². The van der Waals surface area contributed by atoms with Gasteiger partial charge in [0.1, 0.15) is 5.03 Å². The first-order chi connectivity index (χ1) is 8.44. The van der Waals surface area contributed by atoms with E-state index in [4.69, 9.17) is 11.6 Å². The molecule has 1 N–H and O–H groups in total. The molecule has 0 aliphatic carbocycles. The van der Waals surface area contributed by atoms with Gasteiger partial charge in [-0.15, -0.1) is 0 Å². The maximum absolute atomic E-state index is 12.1. The van der Waals surface area contributed by atoms with Gasteiger partial charge in [0.2, 0.25) is 5.28 Å². The fraction of sp³-hybridized carbons (Fsp3) is 0.417. The van der Waals surface area contributed by atoms with Crippen molar-refractivity contribution < 1.29 is 4.79 Å². The SMILES string of the molecule is CC1(C)CC2=C(Sc3nc(Cl)ncc3C2)C(=O)N1. The van der Waals surface area contributed by atoms with Crippen LogP contribution in [0.15, 0.2) is 21.7 Å². The smallest absolute Gasteiger partial charge is 0.258 e. The van der Waals surface area contributed by atoms with E-state index in [1.54, 1.807) is 6.20 Å². The number of rotatable bonds is 0. The van der Waals surface area contributed by atoms with Crippen LogP contribution in [-0.2, 0) is 11.2 Å². The van der Waals surface area contributed by atoms with E-state index in [2.05, 4.69) is 15.3 Å². The maximum atomic E-state index is 12.1. The zero-order valence-corrected chi connectivity index (χ0v) is 11.7. The number of carbonyl (C=O) groups excluding carboxylic acids is 1. The lowest BCUT2D eigenvalue weighted by molar-refractivity contribution is -0.118. The minimum Gasteiger partial charge on any atom is -0.346 e. The Morgan fingerprint density at radius 3 is 3.06 bits per heavy atom. The zero-order chi connectivity index (χ0) is 12.9. The minimum atomic E-state index is -0.179. The number of amides is 1. The lowest BCUT2D eigenvalue weighted by Crippen LogP contribution is -2.48. The van der Waals surface area contributed by atoms with Crippen LogP contribution in [0.5, 0.6) is 0 Å². The number of nitrogens with one attached hydrogen (secondary N) is 1. The molecule has 1 amide bonds. The second kappa shape index (κ2) is 3.96. The number of halogens is 1. The molecule has 0 bridgehead atoms. The highest BCUT2D eigenvalue weighted by Gasteiger charge is 2.35. The fourth-order valence-electron chi connectivity index (χ4n) is 2.35. The molecule has 18 heavy (non-hydrogen) atoms. The van der Waals surface area contributed by atoms with Crippen molar-refractivity contribution in [3.05, 3.63) is 27.5 Å². The van der Waals surface area contributed by atoms with Gasteiger partial charge in [0.15, 0.2) is 0 Å². The second-order valence-corrected chi connectivity index (χ2v) is 6.53. The van der Waals surface area contributed by atoms with Crippen LogP contribution in [0.2, 0.25) is 5.28 Å². The summed E-state index contributed by atoms with van der Waals surface area (Å²) < 4.78 is 0. The van der Waals surface area contributed by atoms with E-state index in [9.17, 15) is 4.79 Å². The van der Waals surface area contributed by atoms with E-state index in [1.165, 1.54) is 17.3 Å². The van der Waals surface area contributed by atoms with E-state index >= 15 is 0 Å². The van der Waals surface area contributed by atoms with Gasteiger partial charge in [-0.3, -0.25) is 4.79 Å². The molecular weight excluding hydrogens is 270 g/mol. The number of aromatic nitrogens is 2. The number of nitrogens with zero attached hydrogens (tertiary/aromatic N) is 2. The van der Waals surface area contributed by atoms with Crippen LogP contribution < -0.4 is 5.32 Å². The number of hydrogen-bond acceptors (Lipinski definition) is 4. The number of thioether (sulfide) groups is 1. The first-order valence-electron chi connectivity index (χ1n) is 5.68. The first-order valence-corrected chi connectivity index (χ1v) is 6.88. The van der Waals surface area contributed by atoms with Crippen molar-refractivity contribution in [3.63, 3.8) is 0 Å². The third-order valence-electron chi connectivity index (χ3n) is 3.03. The Balaban J connectivity index is 2.02. The topological polar surface area (TPSA) is 54.9 Å². The van der Waals surface area contributed by atoms with Crippen molar-refractivity contribution in [2.75, 3.05) is 0 Å². The largest absolute Gasteiger partial charge is 0.346 e. The summed E-state index contributed by atoms with van der Waals surface area (Å²) in [5.74, 6) is -0.00775. The summed E-state index contributed by atoms with van der Waals surface area (Å²) in [6, 6.07) is 0. The van der Waals surface area contributed by atoms with Crippen molar-refractivity contribution in [1.29, 1.82) is 0 Å². The Kier molecular flexibility index (Phi) is 2.64. The second-order valence-electron chi connectivity index (χ2n) is 5.20. The predicted octanol–water partition coefficient (Wildman–Crippen LogP) is 2.33. The highest BCUT2D eigenvalue weighted by molar-refractivity contribution is 8.04. The molecule has 2 aliphatic rings. The average molecular weight is 282 g/mol. The van der Waals surface area contributed by atoms with E-state index in [0.29, 0.717) is 0 Å². The third kappa shape index (κ3) is 2.01. The van der Waals surface area contributed by atoms with Crippen LogP contribution in [0.25, 0.3) is 0 Å². The molecule has 0 saturated carbocycles. The number of carbonyl (C=O) groups is 1. The zero-order valence-electron chi connectivity index (χ0n) is 10.1. The van der Waals surface area contributed by atoms with Crippen LogP contribution in [0.3, 0.4) is 0 Å². The van der Waals surface area contributed by atoms with Gasteiger partial charge in [-0.1, -0.05) is 11.8 Å². The highest BCUT2D eigenvalue weighted by Crippen LogP contribution is 2.42. The van der Waals surface area contributed by atoms with E-state index < -0.39 is 0 Å². The van der Waals surface area contributed by atoms with Crippen molar-refractivity contribution >= 4 is 29.3 Å². The molecule has 0 saturated heterocycles. The molecule has 1 aromatic heterocycles. The Hall–Kier alpha value is -1.07. The summed E-state index contributed by atoms with van der Waals surface area (Å²) in [6.07, 6.45) is 3.36. The number of fused-ring (bicyclic) bond motifs is 1. The molecule has 2 aliphatic heterocycles. The monoisotopic (exact) mass is 281 g/mol. The summed E-state index contributed by atoms with van der Waals surface area (Å²) in [7, 11) is 0. The lowest BCUT2D eigenvalue weighted by Gasteiger charge is -2.35. The van der Waals surface area contributed by atoms with Crippen molar-refractivity contribution in [2.45, 2.75) is 37.3 Å². The normalized spacial score (nSPS) is 21.2. The van der Waals surface area contributed by atoms with E-state index in [-0.39, 0.29) is 16.7 Å². The molecule has 0 fully saturated rings. The molecule has 0 spiro atoms. The summed E-state index contributed by atoms with van der Waals surface area (Å²) in [5.41, 5.74) is 2.04. The molecule has 3 heterocycles. The summed E-state index contributed by atoms with van der Waals surface area (Å²) in [5, 5.41) is 4.03. The van der Waals surface area contributed by atoms with Crippen LogP contribution in [0.4, 0.5) is 0 Å². The predicted molar refractivity (Wildman–Crippen MR) is 70.5 cm³/mol. The Labute approximate surface area is 114 Å². The van der Waals surface area contributed by atoms with Crippen molar-refractivity contribution in [2.24, 2.45) is 0 Å². The molecular formula is C12H12ClN3OS. The quantitative estimate of drug-likeness (QED) is 0.586. The van der Waals surface area contributed by atoms with Gasteiger partial charge < -0.3 is 5.32 Å². The van der Waals surface area contributed by atoms with Crippen molar-refractivity contribution in [1.82, 2.24) is 15.3 Å². The molecule has 0 unspecified atom stereocenters. The molecule has 94 valence electrons. The van der Waals surface area contributed by atoms with Crippen LogP contribution in [0, 0.1) is 0 Å². The molecule has 4 nitrogen and oxygen atoms in total. The molecule has 1 aromatic rings. The van der Waals surface area contributed by atoms with Gasteiger partial charge >= 0.3 is 0 Å². The molecule has 6 heteroatoms. The van der Waals surface area contributed by atoms with Crippen molar-refractivity contribution in [3.8, 4) is 0 Å². The molecule has 0 atom stereocenters. The van der Waals surface area contributed by atoms with Gasteiger partial charge in [-0.05, 0) is 43.9 Å². The molecule has 0 aromatic carbocycles. The summed E-state index contributed by atoms with van der Waals surface area (Å²) >= 11 is 7.18. The summed E-state index contributed by atoms with van der Waals surface area (Å²) in [6.45, 7) is 4.07. The van der Waals surface area contributed by atoms with Gasteiger partial charge in [0, 0.05) is 17.3 Å². The summed E-state index contributed by atoms with van der Waals surface area (Å²) in [4.78, 5) is 21.0. The van der Waals surface area contributed by atoms with Crippen LogP contribution in [-0.4, -0.2) is 21.4 Å². The Morgan fingerprint density at radius 1 is 1.50 bits per heavy atom. The lowest BCUT2D eigenvalue weighted by atomic mass is 9.88. The Bertz CT molecular complexity index is 583. The number of hydrogen-bond donors (Lipinski definition) is 1. The van der Waals surface area contributed by atoms with Gasteiger partial charge in [0.05, 0.1) is 4.91 Å². The first kappa shape index (κ1) is 12.0. The van der Waals surface area contributed by atoms with Crippen LogP contribution >= 0.6 is 23.4 Å². The fourth-order valence-corrected chi connectivity index (χ4v) is 3.55. The van der Waals surface area contributed by atoms with E-state index in [0.717, 1.165) is 28.3 Å². The van der Waals surface area contributed by atoms with Gasteiger partial charge in [-0.2, -0.15) is 0 Å². The Morgan fingerprint density at radius 2 is 2.28 bits per heavy atom. The molecule has 3 rings (SSSR count). The van der Waals surface area contributed by atoms with E-state index in [1.807, 2.05) is 13.8 Å². The maximum Gasteiger partial charge on any atom is 0.258 e. The highest BCUT2D eigenvalue weighted by atomic mass is 35.5. The molecule has 0 radical (unpaired) electrons. The van der Waals surface area contributed by atoms with Crippen LogP contribution in [0.1, 0.15) is 25.8 Å². The van der Waals surface area contributed by atoms with Gasteiger partial charge in [0.25, 0.3) is 5.91 Å². The standard InChI is InChI=1S/C12H12ClN3OS/c1-12(2)4-6-3-7-5-14-11(13)15-10(7)18-8(6)9(17)16-12/h5H,3-4H2,1-2H3,(H,16,17). The average Bonchev–Trinajstić information content (AvgIpc) is 2.26. The minimum absolute atomic E-state index is 0.00775. The third-order valence-corrected chi connectivity index (χ3v) is 4.44.